The summed E-state index contributed by atoms with van der Waals surface area (Å²) in [7, 11) is -6.58. The number of rotatable bonds is 4. The van der Waals surface area contributed by atoms with E-state index in [1.165, 1.54) is 0 Å². The van der Waals surface area contributed by atoms with Gasteiger partial charge in [-0.05, 0) is 0 Å². The largest absolute Gasteiger partial charge is 1.00 e. The van der Waals surface area contributed by atoms with Crippen LogP contribution in [0.5, 0.6) is 0 Å². The van der Waals surface area contributed by atoms with Gasteiger partial charge < -0.3 is 4.57 Å². The zero-order valence-electron chi connectivity index (χ0n) is 17.0. The molecule has 0 radical (unpaired) electrons. The Hall–Kier alpha value is -1.95. The molecule has 0 heterocycles. The Morgan fingerprint density at radius 2 is 1.13 bits per heavy atom. The smallest absolute Gasteiger partial charge is 0.305 e. The summed E-state index contributed by atoms with van der Waals surface area (Å²) in [5.74, 6) is 0. The molecule has 0 spiro atoms. The fraction of sp³-hybridized carbons (Fsp3) is 0.130. The maximum absolute atomic E-state index is 14.1. The van der Waals surface area contributed by atoms with Crippen LogP contribution in [0.15, 0.2) is 72.8 Å². The van der Waals surface area contributed by atoms with E-state index in [9.17, 15) is 9.36 Å². The van der Waals surface area contributed by atoms with Gasteiger partial charge in [0.15, 0.2) is 0 Å². The average molecular weight is 466 g/mol. The van der Waals surface area contributed by atoms with Gasteiger partial charge in [0.1, 0.15) is 0 Å². The van der Waals surface area contributed by atoms with E-state index in [-0.39, 0.29) is 42.5 Å². The molecule has 0 fully saturated rings. The van der Waals surface area contributed by atoms with Gasteiger partial charge in [0.25, 0.3) is 0 Å². The first-order chi connectivity index (χ1) is 13.7. The molecule has 0 saturated heterocycles. The van der Waals surface area contributed by atoms with Crippen LogP contribution in [0.4, 0.5) is 0 Å². The van der Waals surface area contributed by atoms with Crippen molar-refractivity contribution in [2.45, 2.75) is 21.3 Å². The molecule has 0 saturated carbocycles. The third-order valence-corrected chi connectivity index (χ3v) is 7.18. The molecule has 0 unspecified atom stereocenters. The predicted octanol–water partition coefficient (Wildman–Crippen LogP) is 1.28. The molecule has 0 bridgehead atoms. The van der Waals surface area contributed by atoms with E-state index in [1.807, 2.05) is 62.4 Å². The fourth-order valence-electron chi connectivity index (χ4n) is 3.21. The minimum absolute atomic E-state index is 0. The molecule has 31 heavy (non-hydrogen) atoms. The van der Waals surface area contributed by atoms with Crippen LogP contribution in [0.1, 0.15) is 34.5 Å². The van der Waals surface area contributed by atoms with Crippen molar-refractivity contribution in [2.75, 3.05) is 0 Å². The second-order valence-corrected chi connectivity index (χ2v) is 9.46. The normalized spacial score (nSPS) is 9.87. The Balaban J connectivity index is 0.00000138. The van der Waals surface area contributed by atoms with Crippen molar-refractivity contribution in [1.29, 1.82) is 0 Å². The van der Waals surface area contributed by atoms with Gasteiger partial charge in [-0.25, -0.2) is 0 Å². The van der Waals surface area contributed by atoms with Crippen molar-refractivity contribution in [3.8, 4) is 0 Å². The Morgan fingerprint density at radius 1 is 0.806 bits per heavy atom. The van der Waals surface area contributed by atoms with Crippen molar-refractivity contribution < 1.29 is 51.5 Å². The van der Waals surface area contributed by atoms with E-state index in [4.69, 9.17) is 12.6 Å². The zero-order chi connectivity index (χ0) is 21.6. The van der Waals surface area contributed by atoms with E-state index in [0.717, 1.165) is 16.7 Å². The molecule has 0 aromatic heterocycles. The summed E-state index contributed by atoms with van der Waals surface area (Å²) in [5, 5.41) is 1.12. The van der Waals surface area contributed by atoms with Crippen molar-refractivity contribution in [3.63, 3.8) is 0 Å². The Bertz CT molecular complexity index is 1100. The number of hydrogen-bond donors (Lipinski definition) is 0. The summed E-state index contributed by atoms with van der Waals surface area (Å²) < 4.78 is 39.5. The average Bonchev–Trinajstić information content (AvgIpc) is 2.67. The van der Waals surface area contributed by atoms with Crippen LogP contribution in [-0.2, 0) is 15.2 Å². The van der Waals surface area contributed by atoms with Gasteiger partial charge >= 0.3 is 40.2 Å². The SMILES string of the molecule is C.O=S(=O)=O.[CH2-]c1cc(C)c(C(=O)P(=O)(c2ccccc2)c2ccccc2)c(C)c1.[Na+]. The Kier molecular flexibility index (Phi) is 12.0. The molecule has 158 valence electrons. The summed E-state index contributed by atoms with van der Waals surface area (Å²) in [6.45, 7) is 7.68. The van der Waals surface area contributed by atoms with Gasteiger partial charge in [-0.1, -0.05) is 93.1 Å². The fourth-order valence-corrected chi connectivity index (χ4v) is 5.83. The van der Waals surface area contributed by atoms with E-state index in [2.05, 4.69) is 6.92 Å². The molecule has 8 heteroatoms. The number of hydrogen-bond acceptors (Lipinski definition) is 5. The minimum atomic E-state index is -3.47. The van der Waals surface area contributed by atoms with Gasteiger partial charge in [0.2, 0.25) is 12.7 Å². The van der Waals surface area contributed by atoms with Crippen LogP contribution in [0.25, 0.3) is 0 Å². The Labute approximate surface area is 207 Å². The molecule has 3 rings (SSSR count). The van der Waals surface area contributed by atoms with Crippen LogP contribution in [0, 0.1) is 20.8 Å². The summed E-state index contributed by atoms with van der Waals surface area (Å²) in [6, 6.07) is 21.8. The maximum Gasteiger partial charge on any atom is 1.00 e. The van der Waals surface area contributed by atoms with Gasteiger partial charge in [0, 0.05) is 16.2 Å². The monoisotopic (exact) mass is 466 g/mol. The topological polar surface area (TPSA) is 85.3 Å². The van der Waals surface area contributed by atoms with E-state index in [1.54, 1.807) is 24.3 Å². The molecule has 0 aliphatic rings. The molecule has 5 nitrogen and oxygen atoms in total. The maximum atomic E-state index is 14.1. The standard InChI is InChI=1S/C22H20O2P.CH4.Na.O3S/c1-16-14-17(2)21(18(3)15-16)22(23)25(24,19-10-6-4-7-11-19)20-12-8-5-9-13-20;;;1-4(2)3/h4-15H,1H2,2-3H3;1H4;;/q-1;;+1;. The van der Waals surface area contributed by atoms with Crippen molar-refractivity contribution in [3.05, 3.63) is 102 Å². The third-order valence-electron chi connectivity index (χ3n) is 4.33. The second kappa shape index (κ2) is 12.8. The molecular weight excluding hydrogens is 442 g/mol. The van der Waals surface area contributed by atoms with E-state index >= 15 is 0 Å². The first-order valence-electron chi connectivity index (χ1n) is 8.64. The van der Waals surface area contributed by atoms with Crippen LogP contribution < -0.4 is 40.2 Å². The summed E-state index contributed by atoms with van der Waals surface area (Å²) >= 11 is 0. The third kappa shape index (κ3) is 7.03. The van der Waals surface area contributed by atoms with E-state index < -0.39 is 17.8 Å². The van der Waals surface area contributed by atoms with Gasteiger partial charge in [-0.2, -0.15) is 24.6 Å². The van der Waals surface area contributed by atoms with Crippen LogP contribution in [0.3, 0.4) is 0 Å². The predicted molar refractivity (Wildman–Crippen MR) is 121 cm³/mol. The molecule has 3 aromatic carbocycles. The summed E-state index contributed by atoms with van der Waals surface area (Å²) in [5.41, 5.74) is 2.67. The number of carbonyl (C=O) groups is 1. The molecule has 0 atom stereocenters. The van der Waals surface area contributed by atoms with Crippen molar-refractivity contribution in [1.82, 2.24) is 0 Å². The first-order valence-corrected chi connectivity index (χ1v) is 11.3. The molecule has 3 aromatic rings. The van der Waals surface area contributed by atoms with Crippen LogP contribution in [-0.4, -0.2) is 18.2 Å². The second-order valence-electron chi connectivity index (χ2n) is 6.39. The van der Waals surface area contributed by atoms with Crippen molar-refractivity contribution in [2.24, 2.45) is 0 Å². The molecular formula is C23H24NaO5PS. The Morgan fingerprint density at radius 3 is 1.45 bits per heavy atom. The molecule has 0 aliphatic heterocycles. The summed E-state index contributed by atoms with van der Waals surface area (Å²) in [4.78, 5) is 13.5. The van der Waals surface area contributed by atoms with Gasteiger partial charge in [0.05, 0.1) is 0 Å². The van der Waals surface area contributed by atoms with Gasteiger partial charge in [-0.3, -0.25) is 4.79 Å². The van der Waals surface area contributed by atoms with Gasteiger partial charge in [-0.15, -0.1) is 12.6 Å². The number of benzene rings is 3. The summed E-state index contributed by atoms with van der Waals surface area (Å²) in [6.07, 6.45) is 0. The zero-order valence-corrected chi connectivity index (χ0v) is 20.7. The number of carbonyl (C=O) groups excluding carboxylic acids is 1. The molecule has 0 amide bonds. The molecule has 0 aliphatic carbocycles. The minimum Gasteiger partial charge on any atom is -0.305 e. The molecule has 0 N–H and O–H groups in total. The first kappa shape index (κ1) is 29.1. The van der Waals surface area contributed by atoms with E-state index in [0.29, 0.717) is 16.2 Å². The van der Waals surface area contributed by atoms with Crippen molar-refractivity contribution >= 4 is 33.9 Å². The number of aryl methyl sites for hydroxylation is 2. The van der Waals surface area contributed by atoms with Crippen LogP contribution in [0.2, 0.25) is 0 Å². The quantitative estimate of drug-likeness (QED) is 0.329. The van der Waals surface area contributed by atoms with Crippen LogP contribution >= 0.6 is 7.14 Å².